The number of thiophene rings is 1. The van der Waals surface area contributed by atoms with Gasteiger partial charge in [0.05, 0.1) is 11.5 Å². The molecule has 1 aliphatic rings. The molecule has 104 valence electrons. The number of nitrogens with one attached hydrogen (secondary N) is 1. The number of piperazine rings is 1. The fraction of sp³-hybridized carbons (Fsp3) is 0.462. The molecular formula is C13H19ClN4S. The van der Waals surface area contributed by atoms with Crippen LogP contribution in [0.3, 0.4) is 0 Å². The van der Waals surface area contributed by atoms with Crippen molar-refractivity contribution >= 4 is 33.9 Å². The predicted molar refractivity (Wildman–Crippen MR) is 84.5 cm³/mol. The van der Waals surface area contributed by atoms with Gasteiger partial charge in [-0.15, -0.1) is 11.3 Å². The van der Waals surface area contributed by atoms with Gasteiger partial charge in [-0.25, -0.2) is 0 Å². The second-order valence-corrected chi connectivity index (χ2v) is 5.80. The maximum atomic E-state index is 5.77. The Hall–Kier alpha value is -1.20. The number of guanidine groups is 1. The summed E-state index contributed by atoms with van der Waals surface area (Å²) in [6, 6.07) is 4.27. The normalized spacial score (nSPS) is 16.6. The van der Waals surface area contributed by atoms with Gasteiger partial charge in [-0.05, 0) is 17.5 Å². The highest BCUT2D eigenvalue weighted by molar-refractivity contribution is 7.14. The van der Waals surface area contributed by atoms with Gasteiger partial charge in [0.2, 0.25) is 0 Å². The molecule has 1 aliphatic heterocycles. The lowest BCUT2D eigenvalue weighted by Gasteiger charge is -2.37. The lowest BCUT2D eigenvalue weighted by Crippen LogP contribution is -2.52. The Labute approximate surface area is 123 Å². The molecule has 2 rings (SSSR count). The first-order valence-corrected chi connectivity index (χ1v) is 7.54. The van der Waals surface area contributed by atoms with E-state index in [1.807, 2.05) is 0 Å². The molecule has 0 unspecified atom stereocenters. The van der Waals surface area contributed by atoms with Crippen LogP contribution in [-0.2, 0) is 0 Å². The molecule has 0 radical (unpaired) electrons. The molecule has 19 heavy (non-hydrogen) atoms. The number of hydrogen-bond donors (Lipinski definition) is 1. The van der Waals surface area contributed by atoms with Crippen LogP contribution in [0.2, 0.25) is 0 Å². The average molecular weight is 299 g/mol. The van der Waals surface area contributed by atoms with Crippen molar-refractivity contribution in [2.24, 2.45) is 4.99 Å². The van der Waals surface area contributed by atoms with E-state index in [0.29, 0.717) is 11.6 Å². The van der Waals surface area contributed by atoms with Gasteiger partial charge < -0.3 is 15.1 Å². The van der Waals surface area contributed by atoms with Crippen LogP contribution >= 0.6 is 22.9 Å². The van der Waals surface area contributed by atoms with Crippen molar-refractivity contribution in [2.45, 2.75) is 0 Å². The second kappa shape index (κ2) is 6.82. The molecule has 1 aromatic rings. The summed E-state index contributed by atoms with van der Waals surface area (Å²) in [5.74, 6) is 0.896. The van der Waals surface area contributed by atoms with E-state index in [0.717, 1.165) is 32.1 Å². The number of hydrogen-bond acceptors (Lipinski definition) is 3. The van der Waals surface area contributed by atoms with E-state index in [1.54, 1.807) is 18.4 Å². The van der Waals surface area contributed by atoms with Gasteiger partial charge in [0, 0.05) is 38.3 Å². The van der Waals surface area contributed by atoms with Gasteiger partial charge in [0.1, 0.15) is 0 Å². The standard InChI is InChI=1S/C13H19ClN4S/c1-11(14)10-16-13(15-2)18-7-5-17(6-8-18)12-4-3-9-19-12/h3-4,9H,1,5-8,10H2,2H3,(H,15,16). The van der Waals surface area contributed by atoms with Crippen LogP contribution in [0.25, 0.3) is 0 Å². The summed E-state index contributed by atoms with van der Waals surface area (Å²) in [5.41, 5.74) is 0. The molecule has 0 atom stereocenters. The molecule has 6 heteroatoms. The Morgan fingerprint density at radius 3 is 2.74 bits per heavy atom. The highest BCUT2D eigenvalue weighted by atomic mass is 35.5. The molecule has 0 spiro atoms. The number of anilines is 1. The molecule has 1 aromatic heterocycles. The third kappa shape index (κ3) is 3.88. The van der Waals surface area contributed by atoms with Gasteiger partial charge in [-0.2, -0.15) is 0 Å². The first kappa shape index (κ1) is 14.2. The van der Waals surface area contributed by atoms with Crippen LogP contribution < -0.4 is 10.2 Å². The highest BCUT2D eigenvalue weighted by Gasteiger charge is 2.19. The van der Waals surface area contributed by atoms with Crippen molar-refractivity contribution in [2.75, 3.05) is 44.7 Å². The molecule has 2 heterocycles. The minimum absolute atomic E-state index is 0.555. The molecular weight excluding hydrogens is 280 g/mol. The molecule has 0 amide bonds. The molecule has 1 N–H and O–H groups in total. The largest absolute Gasteiger partial charge is 0.360 e. The maximum Gasteiger partial charge on any atom is 0.194 e. The SMILES string of the molecule is C=C(Cl)CNC(=NC)N1CCN(c2cccs2)CC1. The zero-order valence-electron chi connectivity index (χ0n) is 11.1. The Morgan fingerprint density at radius 2 is 2.21 bits per heavy atom. The number of nitrogens with zero attached hydrogens (tertiary/aromatic N) is 3. The first-order valence-electron chi connectivity index (χ1n) is 6.28. The van der Waals surface area contributed by atoms with Crippen LogP contribution in [0.4, 0.5) is 5.00 Å². The Bertz CT molecular complexity index is 436. The summed E-state index contributed by atoms with van der Waals surface area (Å²) in [4.78, 5) is 8.95. The van der Waals surface area contributed by atoms with E-state index in [-0.39, 0.29) is 0 Å². The van der Waals surface area contributed by atoms with E-state index in [4.69, 9.17) is 11.6 Å². The first-order chi connectivity index (χ1) is 9.20. The third-order valence-electron chi connectivity index (χ3n) is 3.05. The fourth-order valence-electron chi connectivity index (χ4n) is 2.10. The monoisotopic (exact) mass is 298 g/mol. The van der Waals surface area contributed by atoms with Gasteiger partial charge in [0.25, 0.3) is 0 Å². The molecule has 0 saturated carbocycles. The minimum atomic E-state index is 0.555. The van der Waals surface area contributed by atoms with E-state index >= 15 is 0 Å². The van der Waals surface area contributed by atoms with Gasteiger partial charge in [-0.3, -0.25) is 4.99 Å². The van der Waals surface area contributed by atoms with E-state index in [2.05, 4.69) is 44.2 Å². The van der Waals surface area contributed by atoms with E-state index < -0.39 is 0 Å². The van der Waals surface area contributed by atoms with Crippen molar-refractivity contribution in [3.8, 4) is 0 Å². The predicted octanol–water partition coefficient (Wildman–Crippen LogP) is 2.20. The molecule has 4 nitrogen and oxygen atoms in total. The fourth-order valence-corrected chi connectivity index (χ4v) is 2.95. The zero-order chi connectivity index (χ0) is 13.7. The van der Waals surface area contributed by atoms with Crippen molar-refractivity contribution < 1.29 is 0 Å². The minimum Gasteiger partial charge on any atom is -0.360 e. The van der Waals surface area contributed by atoms with Crippen molar-refractivity contribution in [3.05, 3.63) is 29.1 Å². The summed E-state index contributed by atoms with van der Waals surface area (Å²) >= 11 is 7.56. The van der Waals surface area contributed by atoms with Crippen LogP contribution in [0.1, 0.15) is 0 Å². The maximum absolute atomic E-state index is 5.77. The van der Waals surface area contributed by atoms with Crippen LogP contribution in [0.5, 0.6) is 0 Å². The van der Waals surface area contributed by atoms with Crippen molar-refractivity contribution in [1.82, 2.24) is 10.2 Å². The highest BCUT2D eigenvalue weighted by Crippen LogP contribution is 2.22. The molecule has 0 aliphatic carbocycles. The zero-order valence-corrected chi connectivity index (χ0v) is 12.7. The lowest BCUT2D eigenvalue weighted by atomic mass is 10.3. The molecule has 1 fully saturated rings. The summed E-state index contributed by atoms with van der Waals surface area (Å²) < 4.78 is 0. The van der Waals surface area contributed by atoms with Gasteiger partial charge in [0.15, 0.2) is 5.96 Å². The smallest absolute Gasteiger partial charge is 0.194 e. The Balaban J connectivity index is 1.86. The van der Waals surface area contributed by atoms with Gasteiger partial charge in [-0.1, -0.05) is 18.2 Å². The van der Waals surface area contributed by atoms with Crippen LogP contribution in [-0.4, -0.2) is 50.6 Å². The van der Waals surface area contributed by atoms with Gasteiger partial charge >= 0.3 is 0 Å². The Morgan fingerprint density at radius 1 is 1.47 bits per heavy atom. The Kier molecular flexibility index (Phi) is 5.10. The number of halogens is 1. The van der Waals surface area contributed by atoms with Crippen molar-refractivity contribution in [1.29, 1.82) is 0 Å². The third-order valence-corrected chi connectivity index (χ3v) is 4.11. The van der Waals surface area contributed by atoms with E-state index in [1.165, 1.54) is 5.00 Å². The molecule has 0 bridgehead atoms. The topological polar surface area (TPSA) is 30.9 Å². The summed E-state index contributed by atoms with van der Waals surface area (Å²) in [6.45, 7) is 8.19. The lowest BCUT2D eigenvalue weighted by molar-refractivity contribution is 0.375. The van der Waals surface area contributed by atoms with E-state index in [9.17, 15) is 0 Å². The number of rotatable bonds is 3. The second-order valence-electron chi connectivity index (χ2n) is 4.34. The number of aliphatic imine (C=N–C) groups is 1. The van der Waals surface area contributed by atoms with Crippen LogP contribution in [0, 0.1) is 0 Å². The molecule has 1 saturated heterocycles. The van der Waals surface area contributed by atoms with Crippen molar-refractivity contribution in [3.63, 3.8) is 0 Å². The summed E-state index contributed by atoms with van der Waals surface area (Å²) in [7, 11) is 1.80. The van der Waals surface area contributed by atoms with Crippen LogP contribution in [0.15, 0.2) is 34.1 Å². The average Bonchev–Trinajstić information content (AvgIpc) is 2.94. The summed E-state index contributed by atoms with van der Waals surface area (Å²) in [6.07, 6.45) is 0. The molecule has 0 aromatic carbocycles. The summed E-state index contributed by atoms with van der Waals surface area (Å²) in [5, 5.41) is 7.28. The quantitative estimate of drug-likeness (QED) is 0.685.